The first-order valence-corrected chi connectivity index (χ1v) is 8.24. The smallest absolute Gasteiger partial charge is 0.236 e. The summed E-state index contributed by atoms with van der Waals surface area (Å²) in [6.45, 7) is 8.96. The van der Waals surface area contributed by atoms with Gasteiger partial charge in [0.25, 0.3) is 0 Å². The van der Waals surface area contributed by atoms with Gasteiger partial charge in [0.15, 0.2) is 0 Å². The molecule has 1 aliphatic heterocycles. The number of likely N-dealkylation sites (N-methyl/N-ethyl adjacent to an activating group) is 2. The molecule has 5 nitrogen and oxygen atoms in total. The summed E-state index contributed by atoms with van der Waals surface area (Å²) in [4.78, 5) is 18.8. The lowest BCUT2D eigenvalue weighted by Gasteiger charge is -2.36. The molecule has 1 saturated carbocycles. The van der Waals surface area contributed by atoms with Crippen LogP contribution >= 0.6 is 0 Å². The number of hydrogen-bond acceptors (Lipinski definition) is 4. The highest BCUT2D eigenvalue weighted by atomic mass is 16.5. The summed E-state index contributed by atoms with van der Waals surface area (Å²) < 4.78 is 5.83. The van der Waals surface area contributed by atoms with Gasteiger partial charge in [-0.1, -0.05) is 0 Å². The van der Waals surface area contributed by atoms with E-state index in [9.17, 15) is 4.79 Å². The van der Waals surface area contributed by atoms with Gasteiger partial charge in [0, 0.05) is 32.2 Å². The molecule has 2 aliphatic rings. The molecule has 1 heterocycles. The van der Waals surface area contributed by atoms with Crippen LogP contribution in [0.5, 0.6) is 0 Å². The van der Waals surface area contributed by atoms with E-state index in [1.165, 1.54) is 19.4 Å². The van der Waals surface area contributed by atoms with Gasteiger partial charge in [-0.2, -0.15) is 0 Å². The average Bonchev–Trinajstić information content (AvgIpc) is 3.22. The number of carbonyl (C=O) groups is 1. The largest absolute Gasteiger partial charge is 0.373 e. The van der Waals surface area contributed by atoms with Crippen LogP contribution in [0.3, 0.4) is 0 Å². The van der Waals surface area contributed by atoms with E-state index in [0.29, 0.717) is 19.2 Å². The van der Waals surface area contributed by atoms with E-state index in [4.69, 9.17) is 4.74 Å². The molecule has 2 fully saturated rings. The zero-order chi connectivity index (χ0) is 15.4. The van der Waals surface area contributed by atoms with E-state index in [1.807, 2.05) is 11.9 Å². The highest BCUT2D eigenvalue weighted by molar-refractivity contribution is 5.78. The van der Waals surface area contributed by atoms with Crippen LogP contribution in [-0.2, 0) is 9.53 Å². The Bertz CT molecular complexity index is 344. The molecular formula is C16H31N3O2. The fraction of sp³-hybridized carbons (Fsp3) is 0.938. The Hall–Kier alpha value is -0.650. The third-order valence-corrected chi connectivity index (χ3v) is 4.54. The number of hydrogen-bond donors (Lipinski definition) is 0. The topological polar surface area (TPSA) is 36.0 Å². The average molecular weight is 297 g/mol. The molecule has 0 radical (unpaired) electrons. The van der Waals surface area contributed by atoms with Crippen LogP contribution in [0.1, 0.15) is 26.7 Å². The first-order chi connectivity index (χ1) is 9.95. The van der Waals surface area contributed by atoms with Crippen molar-refractivity contribution in [3.63, 3.8) is 0 Å². The number of nitrogens with zero attached hydrogens (tertiary/aromatic N) is 3. The number of ether oxygens (including phenoxy) is 1. The third-order valence-electron chi connectivity index (χ3n) is 4.54. The Morgan fingerprint density at radius 1 is 1.29 bits per heavy atom. The van der Waals surface area contributed by atoms with Gasteiger partial charge >= 0.3 is 0 Å². The molecule has 5 heteroatoms. The summed E-state index contributed by atoms with van der Waals surface area (Å²) in [7, 11) is 4.17. The molecule has 122 valence electrons. The second-order valence-electron chi connectivity index (χ2n) is 7.01. The maximum Gasteiger partial charge on any atom is 0.236 e. The van der Waals surface area contributed by atoms with E-state index in [2.05, 4.69) is 30.7 Å². The molecule has 0 aromatic heterocycles. The van der Waals surface area contributed by atoms with Gasteiger partial charge in [-0.25, -0.2) is 0 Å². The second-order valence-corrected chi connectivity index (χ2v) is 7.01. The quantitative estimate of drug-likeness (QED) is 0.699. The number of rotatable bonds is 7. The second kappa shape index (κ2) is 7.56. The maximum absolute atomic E-state index is 12.3. The van der Waals surface area contributed by atoms with Gasteiger partial charge in [0.05, 0.1) is 19.3 Å². The van der Waals surface area contributed by atoms with Gasteiger partial charge in [0.1, 0.15) is 0 Å². The molecule has 1 amide bonds. The minimum absolute atomic E-state index is 0.163. The number of morpholine rings is 1. The zero-order valence-electron chi connectivity index (χ0n) is 14.0. The van der Waals surface area contributed by atoms with E-state index in [1.54, 1.807) is 0 Å². The van der Waals surface area contributed by atoms with Crippen molar-refractivity contribution in [1.82, 2.24) is 14.7 Å². The van der Waals surface area contributed by atoms with Crippen molar-refractivity contribution in [2.75, 3.05) is 53.4 Å². The van der Waals surface area contributed by atoms with Crippen molar-refractivity contribution in [3.05, 3.63) is 0 Å². The minimum Gasteiger partial charge on any atom is -0.373 e. The van der Waals surface area contributed by atoms with E-state index in [-0.39, 0.29) is 12.0 Å². The molecule has 0 unspecified atom stereocenters. The van der Waals surface area contributed by atoms with Crippen LogP contribution in [0.15, 0.2) is 0 Å². The molecule has 0 N–H and O–H groups in total. The Balaban J connectivity index is 1.75. The van der Waals surface area contributed by atoms with Crippen molar-refractivity contribution >= 4 is 5.91 Å². The van der Waals surface area contributed by atoms with Crippen molar-refractivity contribution in [1.29, 1.82) is 0 Å². The summed E-state index contributed by atoms with van der Waals surface area (Å²) >= 11 is 0. The first-order valence-electron chi connectivity index (χ1n) is 8.24. The molecule has 2 rings (SSSR count). The summed E-state index contributed by atoms with van der Waals surface area (Å²) in [6, 6.07) is 0.399. The Labute approximate surface area is 129 Å². The van der Waals surface area contributed by atoms with Gasteiger partial charge in [-0.15, -0.1) is 0 Å². The third kappa shape index (κ3) is 5.57. The number of amides is 1. The van der Waals surface area contributed by atoms with Gasteiger partial charge < -0.3 is 14.5 Å². The van der Waals surface area contributed by atoms with Crippen LogP contribution in [0.4, 0.5) is 0 Å². The van der Waals surface area contributed by atoms with Crippen molar-refractivity contribution < 1.29 is 9.53 Å². The molecule has 0 aromatic rings. The molecule has 1 saturated heterocycles. The van der Waals surface area contributed by atoms with Crippen LogP contribution in [0.25, 0.3) is 0 Å². The van der Waals surface area contributed by atoms with Crippen LogP contribution in [0, 0.1) is 5.92 Å². The predicted octanol–water partition coefficient (Wildman–Crippen LogP) is 0.896. The minimum atomic E-state index is 0.163. The Kier molecular flexibility index (Phi) is 6.02. The Morgan fingerprint density at radius 2 is 2.00 bits per heavy atom. The van der Waals surface area contributed by atoms with E-state index < -0.39 is 0 Å². The molecule has 1 atom stereocenters. The number of carbonyl (C=O) groups excluding carboxylic acids is 1. The highest BCUT2D eigenvalue weighted by Gasteiger charge is 2.28. The van der Waals surface area contributed by atoms with E-state index in [0.717, 1.165) is 25.6 Å². The van der Waals surface area contributed by atoms with Crippen LogP contribution < -0.4 is 0 Å². The normalized spacial score (nSPS) is 23.4. The molecule has 0 aromatic carbocycles. The monoisotopic (exact) mass is 297 g/mol. The predicted molar refractivity (Wildman–Crippen MR) is 84.3 cm³/mol. The SMILES string of the molecule is CC(C)N(C)CC(=O)N1CCO[C@H](CN(C)CC2CC2)C1. The van der Waals surface area contributed by atoms with Gasteiger partial charge in [-0.3, -0.25) is 9.69 Å². The lowest BCUT2D eigenvalue weighted by Crippen LogP contribution is -2.51. The molecule has 0 bridgehead atoms. The summed E-state index contributed by atoms with van der Waals surface area (Å²) in [5, 5.41) is 0. The molecule has 21 heavy (non-hydrogen) atoms. The maximum atomic E-state index is 12.3. The van der Waals surface area contributed by atoms with Crippen LogP contribution in [-0.4, -0.2) is 86.2 Å². The van der Waals surface area contributed by atoms with Crippen molar-refractivity contribution in [2.45, 2.75) is 38.8 Å². The highest BCUT2D eigenvalue weighted by Crippen LogP contribution is 2.29. The molecular weight excluding hydrogens is 266 g/mol. The fourth-order valence-electron chi connectivity index (χ4n) is 2.72. The van der Waals surface area contributed by atoms with Gasteiger partial charge in [0.2, 0.25) is 5.91 Å². The summed E-state index contributed by atoms with van der Waals surface area (Å²) in [5.74, 6) is 1.13. The zero-order valence-corrected chi connectivity index (χ0v) is 14.0. The summed E-state index contributed by atoms with van der Waals surface area (Å²) in [5.41, 5.74) is 0. The lowest BCUT2D eigenvalue weighted by atomic mass is 10.2. The fourth-order valence-corrected chi connectivity index (χ4v) is 2.72. The molecule has 1 aliphatic carbocycles. The van der Waals surface area contributed by atoms with E-state index >= 15 is 0 Å². The Morgan fingerprint density at radius 3 is 2.62 bits per heavy atom. The first kappa shape index (κ1) is 16.7. The molecule has 0 spiro atoms. The van der Waals surface area contributed by atoms with Crippen molar-refractivity contribution in [3.8, 4) is 0 Å². The summed E-state index contributed by atoms with van der Waals surface area (Å²) in [6.07, 6.45) is 2.92. The van der Waals surface area contributed by atoms with Crippen LogP contribution in [0.2, 0.25) is 0 Å². The standard InChI is InChI=1S/C16H31N3O2/c1-13(2)18(4)12-16(20)19-7-8-21-15(11-19)10-17(3)9-14-5-6-14/h13-15H,5-12H2,1-4H3/t15-/m1/s1. The van der Waals surface area contributed by atoms with Crippen molar-refractivity contribution in [2.24, 2.45) is 5.92 Å². The van der Waals surface area contributed by atoms with Gasteiger partial charge in [-0.05, 0) is 46.7 Å². The lowest BCUT2D eigenvalue weighted by molar-refractivity contribution is -0.140.